The van der Waals surface area contributed by atoms with Crippen molar-refractivity contribution in [3.63, 3.8) is 0 Å². The first kappa shape index (κ1) is 21.3. The molecule has 162 valence electrons. The zero-order valence-electron chi connectivity index (χ0n) is 17.2. The second kappa shape index (κ2) is 9.03. The van der Waals surface area contributed by atoms with E-state index in [9.17, 15) is 9.90 Å². The summed E-state index contributed by atoms with van der Waals surface area (Å²) in [6.07, 6.45) is 3.10. The van der Waals surface area contributed by atoms with Crippen LogP contribution in [0.1, 0.15) is 15.9 Å². The predicted octanol–water partition coefficient (Wildman–Crippen LogP) is 4.98. The molecule has 0 atom stereocenters. The fraction of sp³-hybridized carbons (Fsp3) is 0.0833. The summed E-state index contributed by atoms with van der Waals surface area (Å²) in [5, 5.41) is 13.9. The van der Waals surface area contributed by atoms with Crippen molar-refractivity contribution in [2.75, 3.05) is 17.7 Å². The van der Waals surface area contributed by atoms with E-state index in [4.69, 9.17) is 21.8 Å². The molecule has 0 bridgehead atoms. The summed E-state index contributed by atoms with van der Waals surface area (Å²) in [4.78, 5) is 18.8. The third-order valence-corrected chi connectivity index (χ3v) is 5.31. The van der Waals surface area contributed by atoms with Crippen molar-refractivity contribution in [3.05, 3.63) is 89.3 Å². The SMILES string of the molecule is CN(c1ccc(Cl)cc1)c1ccc(O)c(-c2ccc(C(=O)NCc3ccoc3)c(N)n2)c1. The number of anilines is 3. The van der Waals surface area contributed by atoms with Gasteiger partial charge < -0.3 is 25.5 Å². The molecule has 0 radical (unpaired) electrons. The molecule has 0 aliphatic carbocycles. The van der Waals surface area contributed by atoms with E-state index in [1.807, 2.05) is 42.3 Å². The molecule has 0 aliphatic rings. The molecule has 0 unspecified atom stereocenters. The number of hydrogen-bond acceptors (Lipinski definition) is 6. The highest BCUT2D eigenvalue weighted by molar-refractivity contribution is 6.30. The number of pyridine rings is 1. The average Bonchev–Trinajstić information content (AvgIpc) is 3.31. The van der Waals surface area contributed by atoms with E-state index in [2.05, 4.69) is 10.3 Å². The van der Waals surface area contributed by atoms with Gasteiger partial charge in [0.15, 0.2) is 0 Å². The van der Waals surface area contributed by atoms with Gasteiger partial charge in [-0.3, -0.25) is 4.79 Å². The zero-order valence-corrected chi connectivity index (χ0v) is 18.0. The van der Waals surface area contributed by atoms with Gasteiger partial charge in [0.25, 0.3) is 5.91 Å². The van der Waals surface area contributed by atoms with Gasteiger partial charge in [-0.2, -0.15) is 0 Å². The van der Waals surface area contributed by atoms with Crippen LogP contribution in [0.5, 0.6) is 5.75 Å². The van der Waals surface area contributed by atoms with Crippen LogP contribution in [0.25, 0.3) is 11.3 Å². The number of phenolic OH excluding ortho intramolecular Hbond substituents is 1. The van der Waals surface area contributed by atoms with Gasteiger partial charge in [-0.1, -0.05) is 11.6 Å². The highest BCUT2D eigenvalue weighted by atomic mass is 35.5. The fourth-order valence-electron chi connectivity index (χ4n) is 3.24. The third-order valence-electron chi connectivity index (χ3n) is 5.06. The number of aromatic hydroxyl groups is 1. The summed E-state index contributed by atoms with van der Waals surface area (Å²) in [5.41, 5.74) is 9.89. The molecule has 0 saturated heterocycles. The van der Waals surface area contributed by atoms with Crippen molar-refractivity contribution >= 4 is 34.7 Å². The van der Waals surface area contributed by atoms with Gasteiger partial charge in [-0.25, -0.2) is 4.98 Å². The molecular weight excluding hydrogens is 428 g/mol. The molecule has 1 amide bonds. The lowest BCUT2D eigenvalue weighted by Crippen LogP contribution is -2.24. The van der Waals surface area contributed by atoms with Crippen LogP contribution < -0.4 is 16.0 Å². The first-order valence-corrected chi connectivity index (χ1v) is 10.2. The average molecular weight is 449 g/mol. The van der Waals surface area contributed by atoms with Crippen LogP contribution in [0.15, 0.2) is 77.6 Å². The first-order valence-electron chi connectivity index (χ1n) is 9.81. The summed E-state index contributed by atoms with van der Waals surface area (Å²) in [7, 11) is 1.91. The number of nitrogens with zero attached hydrogens (tertiary/aromatic N) is 2. The van der Waals surface area contributed by atoms with Crippen molar-refractivity contribution < 1.29 is 14.3 Å². The summed E-state index contributed by atoms with van der Waals surface area (Å²) >= 11 is 5.98. The van der Waals surface area contributed by atoms with Crippen molar-refractivity contribution in [1.82, 2.24) is 10.3 Å². The van der Waals surface area contributed by atoms with Crippen LogP contribution in [0.2, 0.25) is 5.02 Å². The molecule has 4 rings (SSSR count). The number of amides is 1. The minimum absolute atomic E-state index is 0.0577. The topological polar surface area (TPSA) is 105 Å². The van der Waals surface area contributed by atoms with Gasteiger partial charge in [-0.05, 0) is 60.7 Å². The standard InChI is InChI=1S/C24H21ClN4O3/c1-29(17-4-2-16(25)3-5-17)18-6-9-22(30)20(12-18)21-8-7-19(23(26)28-21)24(31)27-13-15-10-11-32-14-15/h2-12,14,30H,13H2,1H3,(H2,26,28)(H,27,31). The number of nitrogens with two attached hydrogens (primary N) is 1. The summed E-state index contributed by atoms with van der Waals surface area (Å²) < 4.78 is 4.99. The van der Waals surface area contributed by atoms with E-state index in [0.29, 0.717) is 22.8 Å². The predicted molar refractivity (Wildman–Crippen MR) is 125 cm³/mol. The second-order valence-corrected chi connectivity index (χ2v) is 7.62. The largest absolute Gasteiger partial charge is 0.507 e. The van der Waals surface area contributed by atoms with Gasteiger partial charge in [0.05, 0.1) is 23.8 Å². The van der Waals surface area contributed by atoms with Gasteiger partial charge in [0, 0.05) is 41.1 Å². The molecule has 2 aromatic carbocycles. The maximum atomic E-state index is 12.5. The molecule has 0 spiro atoms. The Morgan fingerprint density at radius 1 is 1.12 bits per heavy atom. The second-order valence-electron chi connectivity index (χ2n) is 7.18. The van der Waals surface area contributed by atoms with Gasteiger partial charge in [-0.15, -0.1) is 0 Å². The number of rotatable bonds is 6. The molecule has 4 aromatic rings. The highest BCUT2D eigenvalue weighted by Crippen LogP contribution is 2.35. The number of carbonyl (C=O) groups excluding carboxylic acids is 1. The van der Waals surface area contributed by atoms with Crippen molar-refractivity contribution in [2.45, 2.75) is 6.54 Å². The molecule has 0 saturated carbocycles. The lowest BCUT2D eigenvalue weighted by Gasteiger charge is -2.21. The number of hydrogen-bond donors (Lipinski definition) is 3. The van der Waals surface area contributed by atoms with Crippen LogP contribution in [-0.4, -0.2) is 23.0 Å². The Hall–Kier alpha value is -3.97. The van der Waals surface area contributed by atoms with E-state index >= 15 is 0 Å². The summed E-state index contributed by atoms with van der Waals surface area (Å²) in [5.74, 6) is -0.214. The molecule has 8 heteroatoms. The molecule has 0 fully saturated rings. The zero-order chi connectivity index (χ0) is 22.7. The normalized spacial score (nSPS) is 10.7. The van der Waals surface area contributed by atoms with E-state index < -0.39 is 0 Å². The summed E-state index contributed by atoms with van der Waals surface area (Å²) in [6.45, 7) is 0.316. The van der Waals surface area contributed by atoms with E-state index in [1.54, 1.807) is 36.6 Å². The van der Waals surface area contributed by atoms with Gasteiger partial charge in [0.2, 0.25) is 0 Å². The van der Waals surface area contributed by atoms with Crippen LogP contribution in [0.4, 0.5) is 17.2 Å². The Balaban J connectivity index is 1.57. The molecule has 32 heavy (non-hydrogen) atoms. The van der Waals surface area contributed by atoms with Crippen molar-refractivity contribution in [2.24, 2.45) is 0 Å². The van der Waals surface area contributed by atoms with Crippen LogP contribution in [0.3, 0.4) is 0 Å². The molecule has 2 heterocycles. The lowest BCUT2D eigenvalue weighted by molar-refractivity contribution is 0.0951. The molecule has 4 N–H and O–H groups in total. The summed E-state index contributed by atoms with van der Waals surface area (Å²) in [6, 6.07) is 17.7. The maximum absolute atomic E-state index is 12.5. The van der Waals surface area contributed by atoms with Crippen LogP contribution >= 0.6 is 11.6 Å². The minimum atomic E-state index is -0.344. The number of halogens is 1. The Morgan fingerprint density at radius 3 is 2.56 bits per heavy atom. The number of nitrogen functional groups attached to an aromatic ring is 1. The lowest BCUT2D eigenvalue weighted by atomic mass is 10.1. The molecular formula is C24H21ClN4O3. The smallest absolute Gasteiger partial charge is 0.255 e. The molecule has 2 aromatic heterocycles. The minimum Gasteiger partial charge on any atom is -0.507 e. The van der Waals surface area contributed by atoms with Gasteiger partial charge in [0.1, 0.15) is 11.6 Å². The number of aromatic nitrogens is 1. The van der Waals surface area contributed by atoms with Gasteiger partial charge >= 0.3 is 0 Å². The third kappa shape index (κ3) is 4.53. The maximum Gasteiger partial charge on any atom is 0.255 e. The van der Waals surface area contributed by atoms with Crippen LogP contribution in [0, 0.1) is 0 Å². The number of phenols is 1. The fourth-order valence-corrected chi connectivity index (χ4v) is 3.37. The highest BCUT2D eigenvalue weighted by Gasteiger charge is 2.15. The quantitative estimate of drug-likeness (QED) is 0.384. The molecule has 7 nitrogen and oxygen atoms in total. The Bertz CT molecular complexity index is 1240. The number of nitrogens with one attached hydrogen (secondary N) is 1. The number of furan rings is 1. The van der Waals surface area contributed by atoms with Crippen molar-refractivity contribution in [1.29, 1.82) is 0 Å². The monoisotopic (exact) mass is 448 g/mol. The van der Waals surface area contributed by atoms with E-state index in [1.165, 1.54) is 6.26 Å². The van der Waals surface area contributed by atoms with Crippen LogP contribution in [-0.2, 0) is 6.54 Å². The van der Waals surface area contributed by atoms with E-state index in [0.717, 1.165) is 16.9 Å². The Kier molecular flexibility index (Phi) is 6.00. The Labute approximate surface area is 190 Å². The first-order chi connectivity index (χ1) is 15.4. The molecule has 0 aliphatic heterocycles. The number of carbonyl (C=O) groups is 1. The van der Waals surface area contributed by atoms with E-state index in [-0.39, 0.29) is 23.0 Å². The number of benzene rings is 2. The van der Waals surface area contributed by atoms with Crippen molar-refractivity contribution in [3.8, 4) is 17.0 Å². The Morgan fingerprint density at radius 2 is 1.88 bits per heavy atom.